The number of benzene rings is 1. The molecular weight excluding hydrogens is 287 g/mol. The lowest BCUT2D eigenvalue weighted by molar-refractivity contribution is 0.0796. The van der Waals surface area contributed by atoms with E-state index >= 15 is 0 Å². The number of nitrogens with zero attached hydrogens (tertiary/aromatic N) is 1. The van der Waals surface area contributed by atoms with Gasteiger partial charge in [0.1, 0.15) is 5.82 Å². The van der Waals surface area contributed by atoms with Gasteiger partial charge in [-0.1, -0.05) is 0 Å². The minimum atomic E-state index is -0.251. The van der Waals surface area contributed by atoms with Gasteiger partial charge in [-0.25, -0.2) is 4.39 Å². The Morgan fingerprint density at radius 2 is 2.16 bits per heavy atom. The van der Waals surface area contributed by atoms with Gasteiger partial charge in [-0.05, 0) is 37.1 Å². The van der Waals surface area contributed by atoms with Gasteiger partial charge in [-0.2, -0.15) is 11.8 Å². The third-order valence-corrected chi connectivity index (χ3v) is 3.24. The Kier molecular flexibility index (Phi) is 8.80. The number of likely N-dealkylation sites (N-methyl/N-ethyl adjacent to an activating group) is 2. The van der Waals surface area contributed by atoms with Gasteiger partial charge in [0, 0.05) is 31.5 Å². The van der Waals surface area contributed by atoms with E-state index in [2.05, 4.69) is 5.32 Å². The van der Waals surface area contributed by atoms with Crippen LogP contribution in [-0.2, 0) is 5.75 Å². The standard InChI is InChI=1S/C13H19FN2OS.ClH/c1-15-6-7-16(2)13(17)10-4-5-12(14)11(8-10)9-18-3;/h4-5,8,15H,6-7,9H2,1-3H3;1H. The second kappa shape index (κ2) is 9.18. The zero-order valence-electron chi connectivity index (χ0n) is 11.4. The first kappa shape index (κ1) is 18.2. The van der Waals surface area contributed by atoms with E-state index in [4.69, 9.17) is 0 Å². The number of amides is 1. The molecular formula is C13H20ClFN2OS. The summed E-state index contributed by atoms with van der Waals surface area (Å²) in [6.07, 6.45) is 1.91. The van der Waals surface area contributed by atoms with E-state index in [0.29, 0.717) is 23.4 Å². The molecule has 0 aromatic heterocycles. The van der Waals surface area contributed by atoms with E-state index in [-0.39, 0.29) is 24.1 Å². The molecule has 108 valence electrons. The van der Waals surface area contributed by atoms with E-state index in [0.717, 1.165) is 6.54 Å². The first-order valence-corrected chi connectivity index (χ1v) is 7.17. The highest BCUT2D eigenvalue weighted by atomic mass is 35.5. The normalized spacial score (nSPS) is 9.89. The lowest BCUT2D eigenvalue weighted by Gasteiger charge is -2.17. The molecule has 0 bridgehead atoms. The minimum absolute atomic E-state index is 0. The maximum absolute atomic E-state index is 13.5. The Morgan fingerprint density at radius 3 is 2.74 bits per heavy atom. The summed E-state index contributed by atoms with van der Waals surface area (Å²) in [4.78, 5) is 13.7. The number of carbonyl (C=O) groups excluding carboxylic acids is 1. The molecule has 1 aromatic carbocycles. The van der Waals surface area contributed by atoms with E-state index in [1.54, 1.807) is 18.0 Å². The molecule has 0 aliphatic rings. The molecule has 1 aromatic rings. The van der Waals surface area contributed by atoms with Crippen molar-refractivity contribution < 1.29 is 9.18 Å². The van der Waals surface area contributed by atoms with Crippen LogP contribution < -0.4 is 5.32 Å². The van der Waals surface area contributed by atoms with Crippen molar-refractivity contribution in [3.8, 4) is 0 Å². The molecule has 0 aliphatic heterocycles. The SMILES string of the molecule is CNCCN(C)C(=O)c1ccc(F)c(CSC)c1.Cl. The minimum Gasteiger partial charge on any atom is -0.340 e. The Labute approximate surface area is 124 Å². The topological polar surface area (TPSA) is 32.3 Å². The summed E-state index contributed by atoms with van der Waals surface area (Å²) in [5.41, 5.74) is 1.12. The fourth-order valence-electron chi connectivity index (χ4n) is 1.58. The molecule has 0 spiro atoms. The average Bonchev–Trinajstić information content (AvgIpc) is 2.38. The van der Waals surface area contributed by atoms with Crippen molar-refractivity contribution in [1.29, 1.82) is 0 Å². The lowest BCUT2D eigenvalue weighted by Crippen LogP contribution is -2.32. The van der Waals surface area contributed by atoms with Gasteiger partial charge in [0.15, 0.2) is 0 Å². The molecule has 0 fully saturated rings. The highest BCUT2D eigenvalue weighted by Gasteiger charge is 2.13. The first-order valence-electron chi connectivity index (χ1n) is 5.77. The van der Waals surface area contributed by atoms with Crippen molar-refractivity contribution in [1.82, 2.24) is 10.2 Å². The van der Waals surface area contributed by atoms with Crippen LogP contribution in [0.2, 0.25) is 0 Å². The van der Waals surface area contributed by atoms with Gasteiger partial charge in [0.25, 0.3) is 5.91 Å². The number of halogens is 2. The smallest absolute Gasteiger partial charge is 0.253 e. The van der Waals surface area contributed by atoms with Gasteiger partial charge in [0.2, 0.25) is 0 Å². The largest absolute Gasteiger partial charge is 0.340 e. The summed E-state index contributed by atoms with van der Waals surface area (Å²) in [6.45, 7) is 1.37. The van der Waals surface area contributed by atoms with Gasteiger partial charge >= 0.3 is 0 Å². The zero-order chi connectivity index (χ0) is 13.5. The predicted octanol–water partition coefficient (Wildman–Crippen LogP) is 2.40. The molecule has 0 saturated carbocycles. The third-order valence-electron chi connectivity index (χ3n) is 2.64. The second-order valence-electron chi connectivity index (χ2n) is 4.07. The van der Waals surface area contributed by atoms with Crippen molar-refractivity contribution in [2.24, 2.45) is 0 Å². The number of hydrogen-bond donors (Lipinski definition) is 1. The lowest BCUT2D eigenvalue weighted by atomic mass is 10.1. The molecule has 0 aliphatic carbocycles. The van der Waals surface area contributed by atoms with E-state index in [9.17, 15) is 9.18 Å². The third kappa shape index (κ3) is 5.38. The molecule has 1 rings (SSSR count). The first-order chi connectivity index (χ1) is 8.60. The fraction of sp³-hybridized carbons (Fsp3) is 0.462. The molecule has 0 unspecified atom stereocenters. The maximum Gasteiger partial charge on any atom is 0.253 e. The van der Waals surface area contributed by atoms with E-state index in [1.165, 1.54) is 23.9 Å². The number of hydrogen-bond acceptors (Lipinski definition) is 3. The van der Waals surface area contributed by atoms with Gasteiger partial charge in [-0.3, -0.25) is 4.79 Å². The Balaban J connectivity index is 0.00000324. The average molecular weight is 307 g/mol. The summed E-state index contributed by atoms with van der Waals surface area (Å²) in [6, 6.07) is 4.55. The maximum atomic E-state index is 13.5. The van der Waals surface area contributed by atoms with Crippen LogP contribution in [0.5, 0.6) is 0 Å². The molecule has 19 heavy (non-hydrogen) atoms. The van der Waals surface area contributed by atoms with Gasteiger partial charge in [0.05, 0.1) is 0 Å². The number of carbonyl (C=O) groups is 1. The van der Waals surface area contributed by atoms with Crippen molar-refractivity contribution in [3.63, 3.8) is 0 Å². The van der Waals surface area contributed by atoms with Crippen LogP contribution in [0.25, 0.3) is 0 Å². The van der Waals surface area contributed by atoms with E-state index in [1.807, 2.05) is 13.3 Å². The van der Waals surface area contributed by atoms with Crippen LogP contribution in [0.1, 0.15) is 15.9 Å². The van der Waals surface area contributed by atoms with Gasteiger partial charge in [-0.15, -0.1) is 12.4 Å². The van der Waals surface area contributed by atoms with Crippen molar-refractivity contribution in [2.75, 3.05) is 33.4 Å². The quantitative estimate of drug-likeness (QED) is 0.876. The molecule has 3 nitrogen and oxygen atoms in total. The Bertz CT molecular complexity index is 418. The number of rotatable bonds is 6. The molecule has 0 radical (unpaired) electrons. The highest BCUT2D eigenvalue weighted by molar-refractivity contribution is 7.97. The van der Waals surface area contributed by atoms with Crippen LogP contribution in [0, 0.1) is 5.82 Å². The molecule has 0 saturated heterocycles. The Hall–Kier alpha value is -0.780. The second-order valence-corrected chi connectivity index (χ2v) is 4.94. The van der Waals surface area contributed by atoms with Crippen LogP contribution in [-0.4, -0.2) is 44.2 Å². The molecule has 1 amide bonds. The van der Waals surface area contributed by atoms with Crippen LogP contribution in [0.15, 0.2) is 18.2 Å². The van der Waals surface area contributed by atoms with Crippen molar-refractivity contribution >= 4 is 30.1 Å². The molecule has 0 heterocycles. The summed E-state index contributed by atoms with van der Waals surface area (Å²) < 4.78 is 13.5. The summed E-state index contributed by atoms with van der Waals surface area (Å²) in [5.74, 6) is 0.249. The monoisotopic (exact) mass is 306 g/mol. The van der Waals surface area contributed by atoms with Crippen LogP contribution in [0.4, 0.5) is 4.39 Å². The van der Waals surface area contributed by atoms with Gasteiger partial charge < -0.3 is 10.2 Å². The number of nitrogens with one attached hydrogen (secondary N) is 1. The number of thioether (sulfide) groups is 1. The summed E-state index contributed by atoms with van der Waals surface area (Å²) in [7, 11) is 3.59. The fourth-order valence-corrected chi connectivity index (χ4v) is 2.11. The van der Waals surface area contributed by atoms with Crippen molar-refractivity contribution in [2.45, 2.75) is 5.75 Å². The summed E-state index contributed by atoms with van der Waals surface area (Å²) >= 11 is 1.54. The highest BCUT2D eigenvalue weighted by Crippen LogP contribution is 2.16. The van der Waals surface area contributed by atoms with Crippen LogP contribution >= 0.6 is 24.2 Å². The molecule has 1 N–H and O–H groups in total. The van der Waals surface area contributed by atoms with E-state index < -0.39 is 0 Å². The van der Waals surface area contributed by atoms with Crippen molar-refractivity contribution in [3.05, 3.63) is 35.1 Å². The van der Waals surface area contributed by atoms with Crippen LogP contribution in [0.3, 0.4) is 0 Å². The molecule has 0 atom stereocenters. The summed E-state index contributed by atoms with van der Waals surface area (Å²) in [5, 5.41) is 2.99. The molecule has 6 heteroatoms. The Morgan fingerprint density at radius 1 is 1.47 bits per heavy atom. The predicted molar refractivity (Wildman–Crippen MR) is 81.8 cm³/mol. The zero-order valence-corrected chi connectivity index (χ0v) is 13.0.